The molecular formula is C17H28N2O8. The van der Waals surface area contributed by atoms with Crippen LogP contribution in [0.3, 0.4) is 0 Å². The van der Waals surface area contributed by atoms with Crippen molar-refractivity contribution in [1.29, 1.82) is 0 Å². The van der Waals surface area contributed by atoms with E-state index in [1.807, 2.05) is 13.8 Å². The maximum absolute atomic E-state index is 13.2. The van der Waals surface area contributed by atoms with Gasteiger partial charge < -0.3 is 25.2 Å². The van der Waals surface area contributed by atoms with Gasteiger partial charge in [-0.1, -0.05) is 20.8 Å². The number of nitrogens with zero attached hydrogens (tertiary/aromatic N) is 1. The third-order valence-corrected chi connectivity index (χ3v) is 5.38. The van der Waals surface area contributed by atoms with Crippen LogP contribution in [-0.4, -0.2) is 80.4 Å². The summed E-state index contributed by atoms with van der Waals surface area (Å²) in [4.78, 5) is 38.6. The van der Waals surface area contributed by atoms with Gasteiger partial charge in [0.15, 0.2) is 6.23 Å². The Labute approximate surface area is 157 Å². The van der Waals surface area contributed by atoms with Gasteiger partial charge in [0.2, 0.25) is 11.8 Å². The molecule has 0 spiro atoms. The van der Waals surface area contributed by atoms with Gasteiger partial charge in [-0.15, -0.1) is 0 Å². The molecule has 2 aliphatic rings. The molecule has 154 valence electrons. The quantitative estimate of drug-likeness (QED) is 0.351. The molecule has 10 heteroatoms. The van der Waals surface area contributed by atoms with Gasteiger partial charge in [0, 0.05) is 0 Å². The van der Waals surface area contributed by atoms with Crippen LogP contribution in [0, 0.1) is 11.3 Å². The van der Waals surface area contributed by atoms with Crippen molar-refractivity contribution in [2.45, 2.75) is 70.7 Å². The average molecular weight is 388 g/mol. The van der Waals surface area contributed by atoms with Gasteiger partial charge in [-0.3, -0.25) is 14.9 Å². The van der Waals surface area contributed by atoms with Crippen LogP contribution in [-0.2, 0) is 14.3 Å². The van der Waals surface area contributed by atoms with Gasteiger partial charge in [-0.25, -0.2) is 9.69 Å². The van der Waals surface area contributed by atoms with Crippen LogP contribution >= 0.6 is 0 Å². The first kappa shape index (κ1) is 21.7. The Bertz CT molecular complexity index is 595. The fraction of sp³-hybridized carbons (Fsp3) is 0.824. The van der Waals surface area contributed by atoms with Crippen molar-refractivity contribution in [3.63, 3.8) is 0 Å². The van der Waals surface area contributed by atoms with E-state index in [2.05, 4.69) is 5.32 Å². The molecule has 0 saturated carbocycles. The van der Waals surface area contributed by atoms with Gasteiger partial charge >= 0.3 is 6.03 Å². The van der Waals surface area contributed by atoms with Crippen LogP contribution in [0.1, 0.15) is 40.0 Å². The molecule has 5 N–H and O–H groups in total. The second-order valence-electron chi connectivity index (χ2n) is 7.52. The number of barbiturate groups is 1. The maximum Gasteiger partial charge on any atom is 0.333 e. The highest BCUT2D eigenvalue weighted by Crippen LogP contribution is 2.37. The highest BCUT2D eigenvalue weighted by atomic mass is 16.6. The number of ether oxygens (including phenoxy) is 1. The Morgan fingerprint density at radius 2 is 1.78 bits per heavy atom. The van der Waals surface area contributed by atoms with Crippen LogP contribution in [0.15, 0.2) is 0 Å². The van der Waals surface area contributed by atoms with Crippen molar-refractivity contribution in [2.24, 2.45) is 11.3 Å². The van der Waals surface area contributed by atoms with Crippen LogP contribution in [0.2, 0.25) is 0 Å². The molecule has 2 saturated heterocycles. The summed E-state index contributed by atoms with van der Waals surface area (Å²) in [6.07, 6.45) is -7.20. The maximum atomic E-state index is 13.2. The number of aliphatic hydroxyl groups is 4. The van der Waals surface area contributed by atoms with Crippen LogP contribution in [0.4, 0.5) is 4.79 Å². The Hall–Kier alpha value is -1.59. The van der Waals surface area contributed by atoms with E-state index in [4.69, 9.17) is 4.74 Å². The van der Waals surface area contributed by atoms with E-state index in [-0.39, 0.29) is 18.8 Å². The third-order valence-electron chi connectivity index (χ3n) is 5.38. The number of nitrogens with one attached hydrogen (secondary N) is 1. The standard InChI is InChI=1S/C17H28N2O8/c1-4-17(6-5-8(2)3)14(24)18-16(26)19(15(17)25)13-12(23)11(22)10(21)9(7-20)27-13/h8-13,20-23H,4-7H2,1-3H3,(H,18,24,26)/t9-,10+,11-,12+,13?,17+/m0/s1. The normalized spacial score (nSPS) is 37.7. The Kier molecular flexibility index (Phi) is 6.59. The van der Waals surface area contributed by atoms with Crippen LogP contribution in [0.25, 0.3) is 0 Å². The molecule has 1 unspecified atom stereocenters. The lowest BCUT2D eigenvalue weighted by molar-refractivity contribution is -0.257. The minimum absolute atomic E-state index is 0.131. The van der Waals surface area contributed by atoms with E-state index in [1.54, 1.807) is 6.92 Å². The highest BCUT2D eigenvalue weighted by Gasteiger charge is 2.57. The molecule has 2 heterocycles. The molecule has 0 aromatic heterocycles. The fourth-order valence-corrected chi connectivity index (χ4v) is 3.47. The molecule has 6 atom stereocenters. The van der Waals surface area contributed by atoms with E-state index in [0.29, 0.717) is 11.3 Å². The van der Waals surface area contributed by atoms with Gasteiger partial charge in [0.05, 0.1) is 6.61 Å². The minimum Gasteiger partial charge on any atom is -0.394 e. The molecule has 2 aliphatic heterocycles. The molecule has 2 fully saturated rings. The molecule has 27 heavy (non-hydrogen) atoms. The lowest BCUT2D eigenvalue weighted by Gasteiger charge is -2.47. The number of aliphatic hydroxyl groups excluding tert-OH is 4. The topological polar surface area (TPSA) is 157 Å². The van der Waals surface area contributed by atoms with Gasteiger partial charge in [0.1, 0.15) is 29.8 Å². The summed E-state index contributed by atoms with van der Waals surface area (Å²) < 4.78 is 5.33. The Balaban J connectivity index is 2.38. The molecule has 0 aliphatic carbocycles. The Morgan fingerprint density at radius 1 is 1.15 bits per heavy atom. The van der Waals surface area contributed by atoms with Crippen molar-refractivity contribution in [3.05, 3.63) is 0 Å². The largest absolute Gasteiger partial charge is 0.394 e. The zero-order chi connectivity index (χ0) is 20.5. The molecule has 2 rings (SSSR count). The summed E-state index contributed by atoms with van der Waals surface area (Å²) in [5.74, 6) is -1.32. The summed E-state index contributed by atoms with van der Waals surface area (Å²) in [6.45, 7) is 4.83. The lowest BCUT2D eigenvalue weighted by Crippen LogP contribution is -2.72. The monoisotopic (exact) mass is 388 g/mol. The molecule has 10 nitrogen and oxygen atoms in total. The molecular weight excluding hydrogens is 360 g/mol. The van der Waals surface area contributed by atoms with E-state index >= 15 is 0 Å². The molecule has 0 bridgehead atoms. The number of rotatable bonds is 6. The Morgan fingerprint density at radius 3 is 2.30 bits per heavy atom. The van der Waals surface area contributed by atoms with Crippen molar-refractivity contribution >= 4 is 17.8 Å². The molecule has 0 radical (unpaired) electrons. The fourth-order valence-electron chi connectivity index (χ4n) is 3.47. The van der Waals surface area contributed by atoms with E-state index in [0.717, 1.165) is 0 Å². The van der Waals surface area contributed by atoms with Crippen molar-refractivity contribution in [1.82, 2.24) is 10.2 Å². The summed E-state index contributed by atoms with van der Waals surface area (Å²) >= 11 is 0. The first-order valence-corrected chi connectivity index (χ1v) is 9.10. The summed E-state index contributed by atoms with van der Waals surface area (Å²) in [6, 6.07) is -1.08. The van der Waals surface area contributed by atoms with Crippen molar-refractivity contribution in [3.8, 4) is 0 Å². The number of hydrogen-bond donors (Lipinski definition) is 5. The molecule has 4 amide bonds. The zero-order valence-corrected chi connectivity index (χ0v) is 15.7. The number of carbonyl (C=O) groups is 3. The lowest BCUT2D eigenvalue weighted by atomic mass is 9.75. The van der Waals surface area contributed by atoms with Crippen molar-refractivity contribution in [2.75, 3.05) is 6.61 Å². The second kappa shape index (κ2) is 8.19. The number of amides is 4. The first-order valence-electron chi connectivity index (χ1n) is 9.10. The summed E-state index contributed by atoms with van der Waals surface area (Å²) in [7, 11) is 0. The SMILES string of the molecule is CC[C@@]1(CCC(C)C)C(=O)NC(=O)N(C2O[C@@H](CO)[C@@H](O)[C@H](O)[C@H]2O)C1=O. The smallest absolute Gasteiger partial charge is 0.333 e. The number of urea groups is 1. The summed E-state index contributed by atoms with van der Waals surface area (Å²) in [5, 5.41) is 41.6. The minimum atomic E-state index is -1.80. The molecule has 0 aromatic carbocycles. The second-order valence-corrected chi connectivity index (χ2v) is 7.52. The molecule has 0 aromatic rings. The van der Waals surface area contributed by atoms with E-state index in [1.165, 1.54) is 0 Å². The van der Waals surface area contributed by atoms with E-state index in [9.17, 15) is 34.8 Å². The van der Waals surface area contributed by atoms with Crippen LogP contribution in [0.5, 0.6) is 0 Å². The third kappa shape index (κ3) is 3.72. The van der Waals surface area contributed by atoms with E-state index < -0.39 is 60.5 Å². The first-order chi connectivity index (χ1) is 12.6. The summed E-state index contributed by atoms with van der Waals surface area (Å²) in [5.41, 5.74) is -1.50. The zero-order valence-electron chi connectivity index (χ0n) is 15.7. The number of carbonyl (C=O) groups excluding carboxylic acids is 3. The number of imide groups is 2. The number of hydrogen-bond acceptors (Lipinski definition) is 8. The predicted molar refractivity (Wildman–Crippen MR) is 90.9 cm³/mol. The van der Waals surface area contributed by atoms with Gasteiger partial charge in [0.25, 0.3) is 0 Å². The highest BCUT2D eigenvalue weighted by molar-refractivity contribution is 6.19. The van der Waals surface area contributed by atoms with Gasteiger partial charge in [-0.05, 0) is 25.2 Å². The predicted octanol–water partition coefficient (Wildman–Crippen LogP) is -1.30. The van der Waals surface area contributed by atoms with Crippen molar-refractivity contribution < 1.29 is 39.5 Å². The average Bonchev–Trinajstić information content (AvgIpc) is 2.61. The van der Waals surface area contributed by atoms with Gasteiger partial charge in [-0.2, -0.15) is 0 Å². The van der Waals surface area contributed by atoms with Crippen LogP contribution < -0.4 is 5.32 Å².